The number of nitrogens with zero attached hydrogens (tertiary/aromatic N) is 2. The molecule has 1 amide bonds. The highest BCUT2D eigenvalue weighted by atomic mass is 16.2. The molecule has 0 aromatic heterocycles. The van der Waals surface area contributed by atoms with Gasteiger partial charge >= 0.3 is 0 Å². The molecule has 2 rings (SSSR count). The van der Waals surface area contributed by atoms with Crippen molar-refractivity contribution in [2.75, 3.05) is 33.2 Å². The van der Waals surface area contributed by atoms with Crippen molar-refractivity contribution in [3.63, 3.8) is 0 Å². The van der Waals surface area contributed by atoms with Gasteiger partial charge in [0.2, 0.25) is 5.91 Å². The van der Waals surface area contributed by atoms with E-state index in [9.17, 15) is 9.59 Å². The predicted octanol–water partition coefficient (Wildman–Crippen LogP) is 1.73. The van der Waals surface area contributed by atoms with Gasteiger partial charge in [0.1, 0.15) is 0 Å². The number of Topliss-reactive ketones (excluding diaryl/α,β-unsaturated/α-hetero) is 1. The maximum atomic E-state index is 12.2. The highest BCUT2D eigenvalue weighted by Gasteiger charge is 2.20. The number of hydrogen-bond donors (Lipinski definition) is 0. The van der Waals surface area contributed by atoms with Crippen molar-refractivity contribution in [1.29, 1.82) is 0 Å². The van der Waals surface area contributed by atoms with Crippen molar-refractivity contribution >= 4 is 11.7 Å². The molecule has 0 aliphatic carbocycles. The number of hydrogen-bond acceptors (Lipinski definition) is 3. The van der Waals surface area contributed by atoms with E-state index < -0.39 is 0 Å². The van der Waals surface area contributed by atoms with Gasteiger partial charge in [0.05, 0.1) is 13.1 Å². The molecule has 0 saturated carbocycles. The molecule has 0 unspecified atom stereocenters. The van der Waals surface area contributed by atoms with E-state index in [4.69, 9.17) is 0 Å². The molecule has 0 spiro atoms. The highest BCUT2D eigenvalue weighted by molar-refractivity contribution is 5.99. The van der Waals surface area contributed by atoms with Crippen LogP contribution >= 0.6 is 0 Å². The average Bonchev–Trinajstić information content (AvgIpc) is 2.92. The smallest absolute Gasteiger partial charge is 0.236 e. The number of rotatable bonds is 5. The fraction of sp³-hybridized carbons (Fsp3) is 0.500. The lowest BCUT2D eigenvalue weighted by Crippen LogP contribution is -2.39. The number of carbonyl (C=O) groups is 2. The normalized spacial score (nSPS) is 14.8. The number of amides is 1. The van der Waals surface area contributed by atoms with Crippen molar-refractivity contribution in [3.05, 3.63) is 35.4 Å². The first-order chi connectivity index (χ1) is 9.58. The van der Waals surface area contributed by atoms with Crippen molar-refractivity contribution in [2.24, 2.45) is 0 Å². The second-order valence-electron chi connectivity index (χ2n) is 5.50. The minimum absolute atomic E-state index is 0.0693. The van der Waals surface area contributed by atoms with Gasteiger partial charge in [-0.2, -0.15) is 0 Å². The minimum Gasteiger partial charge on any atom is -0.342 e. The van der Waals surface area contributed by atoms with Crippen LogP contribution in [-0.2, 0) is 4.79 Å². The van der Waals surface area contributed by atoms with Crippen LogP contribution in [0.1, 0.15) is 28.8 Å². The molecule has 0 N–H and O–H groups in total. The molecule has 1 aliphatic rings. The predicted molar refractivity (Wildman–Crippen MR) is 78.8 cm³/mol. The van der Waals surface area contributed by atoms with Crippen LogP contribution in [0.4, 0.5) is 0 Å². The summed E-state index contributed by atoms with van der Waals surface area (Å²) in [6, 6.07) is 7.57. The van der Waals surface area contributed by atoms with Crippen LogP contribution in [0.2, 0.25) is 0 Å². The largest absolute Gasteiger partial charge is 0.342 e. The van der Waals surface area contributed by atoms with Gasteiger partial charge < -0.3 is 4.90 Å². The summed E-state index contributed by atoms with van der Waals surface area (Å²) >= 11 is 0. The summed E-state index contributed by atoms with van der Waals surface area (Å²) in [6.45, 7) is 4.25. The van der Waals surface area contributed by atoms with E-state index in [1.807, 2.05) is 43.1 Å². The molecule has 108 valence electrons. The number of likely N-dealkylation sites (N-methyl/N-ethyl adjacent to an activating group) is 1. The Bertz CT molecular complexity index is 493. The summed E-state index contributed by atoms with van der Waals surface area (Å²) in [5.41, 5.74) is 1.73. The molecule has 1 fully saturated rings. The second kappa shape index (κ2) is 6.66. The number of aryl methyl sites for hydroxylation is 1. The van der Waals surface area contributed by atoms with Gasteiger partial charge in [0.15, 0.2) is 5.78 Å². The Morgan fingerprint density at radius 1 is 1.15 bits per heavy atom. The number of carbonyl (C=O) groups excluding carboxylic acids is 2. The van der Waals surface area contributed by atoms with Gasteiger partial charge in [0.25, 0.3) is 0 Å². The molecule has 1 aromatic rings. The van der Waals surface area contributed by atoms with Gasteiger partial charge in [-0.1, -0.05) is 24.3 Å². The number of benzene rings is 1. The first kappa shape index (κ1) is 14.7. The van der Waals surface area contributed by atoms with E-state index in [0.717, 1.165) is 37.1 Å². The minimum atomic E-state index is 0.0693. The van der Waals surface area contributed by atoms with E-state index in [1.165, 1.54) is 0 Å². The Morgan fingerprint density at radius 2 is 1.80 bits per heavy atom. The van der Waals surface area contributed by atoms with Crippen LogP contribution in [0.5, 0.6) is 0 Å². The zero-order chi connectivity index (χ0) is 14.5. The summed E-state index contributed by atoms with van der Waals surface area (Å²) < 4.78 is 0. The Morgan fingerprint density at radius 3 is 2.45 bits per heavy atom. The Labute approximate surface area is 120 Å². The van der Waals surface area contributed by atoms with Crippen LogP contribution in [-0.4, -0.2) is 54.7 Å². The molecule has 1 aromatic carbocycles. The van der Waals surface area contributed by atoms with Gasteiger partial charge in [0, 0.05) is 18.7 Å². The fourth-order valence-electron chi connectivity index (χ4n) is 2.57. The monoisotopic (exact) mass is 274 g/mol. The third-order valence-electron chi connectivity index (χ3n) is 3.72. The molecular formula is C16H22N2O2. The zero-order valence-corrected chi connectivity index (χ0v) is 12.3. The molecule has 1 heterocycles. The summed E-state index contributed by atoms with van der Waals surface area (Å²) in [5.74, 6) is 0.197. The van der Waals surface area contributed by atoms with Gasteiger partial charge in [-0.3, -0.25) is 14.5 Å². The topological polar surface area (TPSA) is 40.6 Å². The first-order valence-corrected chi connectivity index (χ1v) is 7.13. The van der Waals surface area contributed by atoms with Crippen LogP contribution in [0.15, 0.2) is 24.3 Å². The molecule has 0 atom stereocenters. The highest BCUT2D eigenvalue weighted by Crippen LogP contribution is 2.10. The van der Waals surface area contributed by atoms with Gasteiger partial charge in [-0.05, 0) is 32.4 Å². The number of ketones is 1. The van der Waals surface area contributed by atoms with E-state index >= 15 is 0 Å². The summed E-state index contributed by atoms with van der Waals surface area (Å²) in [6.07, 6.45) is 2.19. The fourth-order valence-corrected chi connectivity index (χ4v) is 2.57. The molecular weight excluding hydrogens is 252 g/mol. The third-order valence-corrected chi connectivity index (χ3v) is 3.72. The van der Waals surface area contributed by atoms with Crippen LogP contribution in [0, 0.1) is 6.92 Å². The molecule has 0 radical (unpaired) electrons. The Hall–Kier alpha value is -1.68. The SMILES string of the molecule is Cc1ccccc1C(=O)CN(C)CC(=O)N1CCCC1. The lowest BCUT2D eigenvalue weighted by atomic mass is 10.0. The molecule has 4 heteroatoms. The Balaban J connectivity index is 1.88. The maximum Gasteiger partial charge on any atom is 0.236 e. The molecule has 20 heavy (non-hydrogen) atoms. The molecule has 0 bridgehead atoms. The van der Waals surface area contributed by atoms with Gasteiger partial charge in [-0.25, -0.2) is 0 Å². The lowest BCUT2D eigenvalue weighted by molar-refractivity contribution is -0.130. The van der Waals surface area contributed by atoms with Crippen molar-refractivity contribution in [1.82, 2.24) is 9.80 Å². The number of likely N-dealkylation sites (tertiary alicyclic amines) is 1. The van der Waals surface area contributed by atoms with Crippen LogP contribution < -0.4 is 0 Å². The molecule has 1 saturated heterocycles. The van der Waals surface area contributed by atoms with Crippen LogP contribution in [0.25, 0.3) is 0 Å². The van der Waals surface area contributed by atoms with E-state index in [2.05, 4.69) is 0 Å². The molecule has 4 nitrogen and oxygen atoms in total. The summed E-state index contributed by atoms with van der Waals surface area (Å²) in [7, 11) is 1.82. The quantitative estimate of drug-likeness (QED) is 0.768. The van der Waals surface area contributed by atoms with E-state index in [1.54, 1.807) is 4.90 Å². The van der Waals surface area contributed by atoms with Crippen molar-refractivity contribution in [3.8, 4) is 0 Å². The van der Waals surface area contributed by atoms with Crippen molar-refractivity contribution in [2.45, 2.75) is 19.8 Å². The zero-order valence-electron chi connectivity index (χ0n) is 12.3. The average molecular weight is 274 g/mol. The van der Waals surface area contributed by atoms with Crippen LogP contribution in [0.3, 0.4) is 0 Å². The summed E-state index contributed by atoms with van der Waals surface area (Å²) in [4.78, 5) is 27.9. The van der Waals surface area contributed by atoms with E-state index in [0.29, 0.717) is 6.54 Å². The van der Waals surface area contributed by atoms with E-state index in [-0.39, 0.29) is 18.2 Å². The third kappa shape index (κ3) is 3.67. The van der Waals surface area contributed by atoms with Gasteiger partial charge in [-0.15, -0.1) is 0 Å². The van der Waals surface area contributed by atoms with Crippen molar-refractivity contribution < 1.29 is 9.59 Å². The standard InChI is InChI=1S/C16H22N2O2/c1-13-7-3-4-8-14(13)15(19)11-17(2)12-16(20)18-9-5-6-10-18/h3-4,7-8H,5-6,9-12H2,1-2H3. The maximum absolute atomic E-state index is 12.2. The first-order valence-electron chi connectivity index (χ1n) is 7.13. The second-order valence-corrected chi connectivity index (χ2v) is 5.50. The summed E-state index contributed by atoms with van der Waals surface area (Å²) in [5, 5.41) is 0. The Kier molecular flexibility index (Phi) is 4.90. The molecule has 1 aliphatic heterocycles. The lowest BCUT2D eigenvalue weighted by Gasteiger charge is -2.20.